The van der Waals surface area contributed by atoms with Crippen LogP contribution in [0.1, 0.15) is 48.7 Å². The van der Waals surface area contributed by atoms with Crippen molar-refractivity contribution in [3.8, 4) is 5.69 Å². The molecule has 1 saturated heterocycles. The van der Waals surface area contributed by atoms with Gasteiger partial charge in [-0.15, -0.1) is 0 Å². The summed E-state index contributed by atoms with van der Waals surface area (Å²) in [5, 5.41) is 13.6. The first-order valence-corrected chi connectivity index (χ1v) is 8.74. The van der Waals surface area contributed by atoms with Crippen LogP contribution in [0.4, 0.5) is 4.39 Å². The number of hydrogen-bond donors (Lipinski definition) is 1. The second-order valence-electron chi connectivity index (χ2n) is 6.91. The topological polar surface area (TPSA) is 75.4 Å². The van der Waals surface area contributed by atoms with Crippen LogP contribution in [-0.2, 0) is 4.79 Å². The fraction of sp³-hybridized carbons (Fsp3) is 0.421. The maximum absolute atomic E-state index is 13.2. The summed E-state index contributed by atoms with van der Waals surface area (Å²) in [5.41, 5.74) is 1.88. The van der Waals surface area contributed by atoms with Gasteiger partial charge in [-0.2, -0.15) is 5.10 Å². The average molecular weight is 359 g/mol. The van der Waals surface area contributed by atoms with E-state index in [0.29, 0.717) is 30.6 Å². The highest BCUT2D eigenvalue weighted by Crippen LogP contribution is 2.26. The Morgan fingerprint density at radius 3 is 2.58 bits per heavy atom. The number of carbonyl (C=O) groups excluding carboxylic acids is 1. The summed E-state index contributed by atoms with van der Waals surface area (Å²) >= 11 is 0. The molecule has 2 aromatic rings. The van der Waals surface area contributed by atoms with Crippen molar-refractivity contribution in [3.63, 3.8) is 0 Å². The van der Waals surface area contributed by atoms with Crippen LogP contribution in [0.3, 0.4) is 0 Å². The van der Waals surface area contributed by atoms with E-state index in [4.69, 9.17) is 0 Å². The Bertz CT molecular complexity index is 814. The largest absolute Gasteiger partial charge is 0.481 e. The summed E-state index contributed by atoms with van der Waals surface area (Å²) in [5.74, 6) is -1.91. The lowest BCUT2D eigenvalue weighted by Gasteiger charge is -2.31. The van der Waals surface area contributed by atoms with Crippen LogP contribution < -0.4 is 0 Å². The molecule has 1 aliphatic heterocycles. The van der Waals surface area contributed by atoms with Gasteiger partial charge in [-0.05, 0) is 43.0 Å². The first-order chi connectivity index (χ1) is 12.4. The molecule has 3 rings (SSSR count). The number of amides is 1. The second-order valence-corrected chi connectivity index (χ2v) is 6.91. The maximum atomic E-state index is 13.2. The molecule has 1 aliphatic rings. The van der Waals surface area contributed by atoms with E-state index in [0.717, 1.165) is 5.69 Å². The third kappa shape index (κ3) is 3.47. The Morgan fingerprint density at radius 1 is 1.27 bits per heavy atom. The number of benzene rings is 1. The van der Waals surface area contributed by atoms with Crippen molar-refractivity contribution in [1.82, 2.24) is 14.7 Å². The minimum Gasteiger partial charge on any atom is -0.481 e. The summed E-state index contributed by atoms with van der Waals surface area (Å²) in [6.07, 6.45) is 2.78. The van der Waals surface area contributed by atoms with Gasteiger partial charge in [0.1, 0.15) is 5.82 Å². The van der Waals surface area contributed by atoms with Crippen molar-refractivity contribution in [2.75, 3.05) is 13.1 Å². The van der Waals surface area contributed by atoms with Gasteiger partial charge in [0.2, 0.25) is 0 Å². The molecule has 138 valence electrons. The number of aliphatic carboxylic acids is 1. The molecular weight excluding hydrogens is 337 g/mol. The van der Waals surface area contributed by atoms with Crippen molar-refractivity contribution in [2.24, 2.45) is 5.92 Å². The molecule has 0 radical (unpaired) electrons. The zero-order chi connectivity index (χ0) is 18.8. The van der Waals surface area contributed by atoms with Crippen LogP contribution in [0.2, 0.25) is 0 Å². The van der Waals surface area contributed by atoms with Gasteiger partial charge in [0.25, 0.3) is 5.91 Å². The predicted molar refractivity (Wildman–Crippen MR) is 93.9 cm³/mol. The zero-order valence-electron chi connectivity index (χ0n) is 14.9. The van der Waals surface area contributed by atoms with Gasteiger partial charge < -0.3 is 10.0 Å². The Balaban J connectivity index is 1.93. The highest BCUT2D eigenvalue weighted by Gasteiger charge is 2.31. The first kappa shape index (κ1) is 18.1. The molecule has 1 N–H and O–H groups in total. The standard InChI is InChI=1S/C19H22FN3O3/c1-12(2)17-16(10-21-23(17)15-7-5-14(20)6-8-15)18(24)22-9-3-4-13(11-22)19(25)26/h5-8,10,12-13H,3-4,9,11H2,1-2H3,(H,25,26). The van der Waals surface area contributed by atoms with Gasteiger partial charge >= 0.3 is 5.97 Å². The van der Waals surface area contributed by atoms with Gasteiger partial charge in [-0.25, -0.2) is 9.07 Å². The van der Waals surface area contributed by atoms with Crippen molar-refractivity contribution in [1.29, 1.82) is 0 Å². The number of halogens is 1. The Morgan fingerprint density at radius 2 is 1.96 bits per heavy atom. The molecule has 1 fully saturated rings. The van der Waals surface area contributed by atoms with E-state index in [1.165, 1.54) is 18.3 Å². The molecule has 6 nitrogen and oxygen atoms in total. The quantitative estimate of drug-likeness (QED) is 0.910. The minimum absolute atomic E-state index is 0.0153. The number of rotatable bonds is 4. The highest BCUT2D eigenvalue weighted by molar-refractivity contribution is 5.95. The lowest BCUT2D eigenvalue weighted by molar-refractivity contribution is -0.143. The van der Waals surface area contributed by atoms with E-state index in [2.05, 4.69) is 5.10 Å². The molecule has 1 atom stereocenters. The molecule has 0 spiro atoms. The van der Waals surface area contributed by atoms with E-state index in [1.54, 1.807) is 21.7 Å². The van der Waals surface area contributed by atoms with Crippen molar-refractivity contribution in [3.05, 3.63) is 47.5 Å². The molecule has 0 aliphatic carbocycles. The summed E-state index contributed by atoms with van der Waals surface area (Å²) in [6.45, 7) is 4.68. The molecule has 1 unspecified atom stereocenters. The van der Waals surface area contributed by atoms with Crippen LogP contribution in [0.25, 0.3) is 5.69 Å². The van der Waals surface area contributed by atoms with Crippen LogP contribution in [0.15, 0.2) is 30.5 Å². The van der Waals surface area contributed by atoms with Gasteiger partial charge in [-0.1, -0.05) is 13.8 Å². The summed E-state index contributed by atoms with van der Waals surface area (Å²) < 4.78 is 14.9. The van der Waals surface area contributed by atoms with E-state index >= 15 is 0 Å². The predicted octanol–water partition coefficient (Wildman–Crippen LogP) is 3.07. The zero-order valence-corrected chi connectivity index (χ0v) is 14.9. The second kappa shape index (κ2) is 7.27. The normalized spacial score (nSPS) is 17.5. The number of hydrogen-bond acceptors (Lipinski definition) is 3. The summed E-state index contributed by atoms with van der Waals surface area (Å²) in [4.78, 5) is 25.9. The Kier molecular flexibility index (Phi) is 5.06. The SMILES string of the molecule is CC(C)c1c(C(=O)N2CCCC(C(=O)O)C2)cnn1-c1ccc(F)cc1. The number of nitrogens with zero attached hydrogens (tertiary/aromatic N) is 3. The van der Waals surface area contributed by atoms with E-state index in [1.807, 2.05) is 13.8 Å². The monoisotopic (exact) mass is 359 g/mol. The van der Waals surface area contributed by atoms with Gasteiger partial charge in [-0.3, -0.25) is 9.59 Å². The first-order valence-electron chi connectivity index (χ1n) is 8.74. The molecule has 26 heavy (non-hydrogen) atoms. The number of carbonyl (C=O) groups is 2. The van der Waals surface area contributed by atoms with Gasteiger partial charge in [0.05, 0.1) is 29.1 Å². The van der Waals surface area contributed by atoms with Crippen LogP contribution in [-0.4, -0.2) is 44.8 Å². The lowest BCUT2D eigenvalue weighted by atomic mass is 9.97. The van der Waals surface area contributed by atoms with Crippen LogP contribution in [0.5, 0.6) is 0 Å². The third-order valence-corrected chi connectivity index (χ3v) is 4.71. The van der Waals surface area contributed by atoms with Crippen LogP contribution in [0, 0.1) is 11.7 Å². The van der Waals surface area contributed by atoms with Crippen molar-refractivity contribution in [2.45, 2.75) is 32.6 Å². The third-order valence-electron chi connectivity index (χ3n) is 4.71. The lowest BCUT2D eigenvalue weighted by Crippen LogP contribution is -2.42. The average Bonchev–Trinajstić information content (AvgIpc) is 3.07. The number of likely N-dealkylation sites (tertiary alicyclic amines) is 1. The molecule has 1 aromatic carbocycles. The molecular formula is C19H22FN3O3. The smallest absolute Gasteiger partial charge is 0.308 e. The highest BCUT2D eigenvalue weighted by atomic mass is 19.1. The van der Waals surface area contributed by atoms with Crippen molar-refractivity contribution < 1.29 is 19.1 Å². The minimum atomic E-state index is -0.867. The number of carboxylic acid groups (broad SMARTS) is 1. The van der Waals surface area contributed by atoms with Crippen LogP contribution >= 0.6 is 0 Å². The maximum Gasteiger partial charge on any atom is 0.308 e. The molecule has 7 heteroatoms. The molecule has 0 saturated carbocycles. The summed E-state index contributed by atoms with van der Waals surface area (Å²) in [7, 11) is 0. The Labute approximate surface area is 151 Å². The number of carboxylic acids is 1. The van der Waals surface area contributed by atoms with Gasteiger partial charge in [0.15, 0.2) is 0 Å². The molecule has 1 amide bonds. The van der Waals surface area contributed by atoms with E-state index < -0.39 is 11.9 Å². The number of aromatic nitrogens is 2. The summed E-state index contributed by atoms with van der Waals surface area (Å²) in [6, 6.07) is 5.93. The molecule has 1 aromatic heterocycles. The van der Waals surface area contributed by atoms with Crippen molar-refractivity contribution >= 4 is 11.9 Å². The van der Waals surface area contributed by atoms with Gasteiger partial charge in [0, 0.05) is 13.1 Å². The fourth-order valence-electron chi connectivity index (χ4n) is 3.40. The Hall–Kier alpha value is -2.70. The van der Waals surface area contributed by atoms with E-state index in [9.17, 15) is 19.1 Å². The number of piperidine rings is 1. The molecule has 2 heterocycles. The fourth-order valence-corrected chi connectivity index (χ4v) is 3.40. The molecule has 0 bridgehead atoms. The van der Waals surface area contributed by atoms with E-state index in [-0.39, 0.29) is 24.2 Å².